The Labute approximate surface area is 145 Å². The number of carbonyl (C=O) groups excluding carboxylic acids is 2. The van der Waals surface area contributed by atoms with Crippen molar-refractivity contribution in [3.05, 3.63) is 29.8 Å². The van der Waals surface area contributed by atoms with Crippen molar-refractivity contribution in [2.75, 3.05) is 37.6 Å². The molecule has 1 aromatic carbocycles. The minimum atomic E-state index is 0.114. The summed E-state index contributed by atoms with van der Waals surface area (Å²) in [5, 5.41) is 2.94. The van der Waals surface area contributed by atoms with E-state index in [1.807, 2.05) is 6.92 Å². The van der Waals surface area contributed by atoms with E-state index in [4.69, 9.17) is 0 Å². The number of amides is 1. The summed E-state index contributed by atoms with van der Waals surface area (Å²) >= 11 is 0. The van der Waals surface area contributed by atoms with Crippen LogP contribution in [-0.4, -0.2) is 49.3 Å². The molecule has 1 aromatic rings. The van der Waals surface area contributed by atoms with Gasteiger partial charge in [0.1, 0.15) is 5.78 Å². The van der Waals surface area contributed by atoms with Crippen molar-refractivity contribution in [3.8, 4) is 0 Å². The average Bonchev–Trinajstić information content (AvgIpc) is 2.59. The Hall–Kier alpha value is -1.88. The molecule has 0 aliphatic carbocycles. The van der Waals surface area contributed by atoms with Crippen LogP contribution in [0.15, 0.2) is 24.3 Å². The third kappa shape index (κ3) is 5.96. The van der Waals surface area contributed by atoms with Gasteiger partial charge in [-0.25, -0.2) is 0 Å². The normalized spacial score (nSPS) is 15.3. The number of ketones is 1. The van der Waals surface area contributed by atoms with E-state index < -0.39 is 0 Å². The van der Waals surface area contributed by atoms with Gasteiger partial charge < -0.3 is 10.2 Å². The molecular formula is C19H29N3O2. The van der Waals surface area contributed by atoms with Gasteiger partial charge in [-0.1, -0.05) is 19.1 Å². The highest BCUT2D eigenvalue weighted by Crippen LogP contribution is 2.17. The minimum Gasteiger partial charge on any atom is -0.369 e. The van der Waals surface area contributed by atoms with E-state index in [1.165, 1.54) is 5.69 Å². The second kappa shape index (κ2) is 9.42. The Morgan fingerprint density at radius 2 is 1.71 bits per heavy atom. The molecule has 0 bridgehead atoms. The lowest BCUT2D eigenvalue weighted by Crippen LogP contribution is -2.46. The van der Waals surface area contributed by atoms with Crippen LogP contribution in [0.1, 0.15) is 38.7 Å². The van der Waals surface area contributed by atoms with Gasteiger partial charge in [-0.3, -0.25) is 14.5 Å². The zero-order valence-corrected chi connectivity index (χ0v) is 14.9. The molecule has 1 N–H and O–H groups in total. The molecule has 1 aliphatic rings. The molecule has 1 heterocycles. The van der Waals surface area contributed by atoms with E-state index in [0.29, 0.717) is 19.4 Å². The molecule has 2 rings (SSSR count). The molecule has 1 saturated heterocycles. The van der Waals surface area contributed by atoms with Gasteiger partial charge in [-0.2, -0.15) is 0 Å². The summed E-state index contributed by atoms with van der Waals surface area (Å²) in [5.74, 6) is 0.377. The maximum Gasteiger partial charge on any atom is 0.220 e. The van der Waals surface area contributed by atoms with Gasteiger partial charge in [-0.15, -0.1) is 0 Å². The van der Waals surface area contributed by atoms with Gasteiger partial charge in [-0.05, 0) is 31.0 Å². The van der Waals surface area contributed by atoms with Crippen LogP contribution in [0.3, 0.4) is 0 Å². The highest BCUT2D eigenvalue weighted by Gasteiger charge is 2.17. The standard InChI is InChI=1S/C19H29N3O2/c1-3-4-19(24)20-15-17-5-7-18(8-6-17)22-13-11-21(12-14-22)10-9-16(2)23/h5-8H,3-4,9-15H2,1-2H3,(H,20,24). The number of Topliss-reactive ketones (excluding diaryl/α,β-unsaturated/α-hetero) is 1. The molecule has 5 heteroatoms. The smallest absolute Gasteiger partial charge is 0.220 e. The number of hydrogen-bond acceptors (Lipinski definition) is 4. The van der Waals surface area contributed by atoms with E-state index in [-0.39, 0.29) is 11.7 Å². The fraction of sp³-hybridized carbons (Fsp3) is 0.579. The molecule has 1 amide bonds. The van der Waals surface area contributed by atoms with Gasteiger partial charge in [0.2, 0.25) is 5.91 Å². The van der Waals surface area contributed by atoms with E-state index in [9.17, 15) is 9.59 Å². The lowest BCUT2D eigenvalue weighted by atomic mass is 10.1. The van der Waals surface area contributed by atoms with Gasteiger partial charge in [0, 0.05) is 57.8 Å². The molecule has 0 aromatic heterocycles. The number of rotatable bonds is 8. The van der Waals surface area contributed by atoms with Crippen molar-refractivity contribution < 1.29 is 9.59 Å². The summed E-state index contributed by atoms with van der Waals surface area (Å²) in [6.45, 7) is 9.12. The Kier molecular flexibility index (Phi) is 7.25. The van der Waals surface area contributed by atoms with Gasteiger partial charge >= 0.3 is 0 Å². The first-order valence-corrected chi connectivity index (χ1v) is 8.91. The molecule has 1 aliphatic heterocycles. The summed E-state index contributed by atoms with van der Waals surface area (Å²) in [7, 11) is 0. The van der Waals surface area contributed by atoms with Gasteiger partial charge in [0.05, 0.1) is 0 Å². The monoisotopic (exact) mass is 331 g/mol. The number of hydrogen-bond donors (Lipinski definition) is 1. The number of benzene rings is 1. The molecule has 0 atom stereocenters. The summed E-state index contributed by atoms with van der Waals surface area (Å²) in [5.41, 5.74) is 2.35. The lowest BCUT2D eigenvalue weighted by molar-refractivity contribution is -0.121. The largest absolute Gasteiger partial charge is 0.369 e. The van der Waals surface area contributed by atoms with Gasteiger partial charge in [0.25, 0.3) is 0 Å². The lowest BCUT2D eigenvalue weighted by Gasteiger charge is -2.36. The van der Waals surface area contributed by atoms with Crippen molar-refractivity contribution >= 4 is 17.4 Å². The SMILES string of the molecule is CCCC(=O)NCc1ccc(N2CCN(CCC(C)=O)CC2)cc1. The molecule has 0 unspecified atom stereocenters. The van der Waals surface area contributed by atoms with Crippen molar-refractivity contribution in [2.45, 2.75) is 39.7 Å². The Balaban J connectivity index is 1.77. The van der Waals surface area contributed by atoms with Crippen molar-refractivity contribution in [1.29, 1.82) is 0 Å². The van der Waals surface area contributed by atoms with Crippen LogP contribution in [0.4, 0.5) is 5.69 Å². The minimum absolute atomic E-state index is 0.114. The fourth-order valence-electron chi connectivity index (χ4n) is 2.89. The second-order valence-corrected chi connectivity index (χ2v) is 6.47. The number of nitrogens with zero attached hydrogens (tertiary/aromatic N) is 2. The average molecular weight is 331 g/mol. The summed E-state index contributed by atoms with van der Waals surface area (Å²) in [6.07, 6.45) is 2.12. The van der Waals surface area contributed by atoms with Crippen LogP contribution in [-0.2, 0) is 16.1 Å². The molecule has 0 saturated carbocycles. The molecular weight excluding hydrogens is 302 g/mol. The van der Waals surface area contributed by atoms with E-state index >= 15 is 0 Å². The first-order chi connectivity index (χ1) is 11.6. The van der Waals surface area contributed by atoms with Crippen LogP contribution >= 0.6 is 0 Å². The van der Waals surface area contributed by atoms with Crippen molar-refractivity contribution in [1.82, 2.24) is 10.2 Å². The zero-order chi connectivity index (χ0) is 17.4. The second-order valence-electron chi connectivity index (χ2n) is 6.47. The summed E-state index contributed by atoms with van der Waals surface area (Å²) < 4.78 is 0. The predicted octanol–water partition coefficient (Wildman–Crippen LogP) is 2.20. The van der Waals surface area contributed by atoms with E-state index in [2.05, 4.69) is 39.4 Å². The first kappa shape index (κ1) is 18.5. The summed E-state index contributed by atoms with van der Waals surface area (Å²) in [6, 6.07) is 8.44. The number of piperazine rings is 1. The fourth-order valence-corrected chi connectivity index (χ4v) is 2.89. The maximum atomic E-state index is 11.5. The van der Waals surface area contributed by atoms with Gasteiger partial charge in [0.15, 0.2) is 0 Å². The molecule has 1 fully saturated rings. The Morgan fingerprint density at radius 1 is 1.04 bits per heavy atom. The topological polar surface area (TPSA) is 52.7 Å². The molecule has 0 radical (unpaired) electrons. The summed E-state index contributed by atoms with van der Waals surface area (Å²) in [4.78, 5) is 27.3. The maximum absolute atomic E-state index is 11.5. The third-order valence-electron chi connectivity index (χ3n) is 4.42. The zero-order valence-electron chi connectivity index (χ0n) is 14.9. The highest BCUT2D eigenvalue weighted by molar-refractivity contribution is 5.76. The van der Waals surface area contributed by atoms with Crippen LogP contribution in [0, 0.1) is 0 Å². The van der Waals surface area contributed by atoms with Crippen LogP contribution < -0.4 is 10.2 Å². The number of anilines is 1. The quantitative estimate of drug-likeness (QED) is 0.793. The van der Waals surface area contributed by atoms with Crippen molar-refractivity contribution in [2.24, 2.45) is 0 Å². The molecule has 132 valence electrons. The van der Waals surface area contributed by atoms with Crippen LogP contribution in [0.5, 0.6) is 0 Å². The Bertz CT molecular complexity index is 534. The molecule has 24 heavy (non-hydrogen) atoms. The molecule has 5 nitrogen and oxygen atoms in total. The first-order valence-electron chi connectivity index (χ1n) is 8.91. The molecule has 0 spiro atoms. The van der Waals surface area contributed by atoms with Crippen LogP contribution in [0.25, 0.3) is 0 Å². The number of carbonyl (C=O) groups is 2. The van der Waals surface area contributed by atoms with Crippen LogP contribution in [0.2, 0.25) is 0 Å². The van der Waals surface area contributed by atoms with Crippen molar-refractivity contribution in [3.63, 3.8) is 0 Å². The van der Waals surface area contributed by atoms with E-state index in [1.54, 1.807) is 6.92 Å². The number of nitrogens with one attached hydrogen (secondary N) is 1. The Morgan fingerprint density at radius 3 is 2.29 bits per heavy atom. The van der Waals surface area contributed by atoms with E-state index in [0.717, 1.165) is 44.7 Å². The predicted molar refractivity (Wildman–Crippen MR) is 97.1 cm³/mol. The third-order valence-corrected chi connectivity index (χ3v) is 4.42. The highest BCUT2D eigenvalue weighted by atomic mass is 16.1.